The number of fused-ring (bicyclic) bond motifs is 3. The maximum absolute atomic E-state index is 15.1. The van der Waals surface area contributed by atoms with Crippen molar-refractivity contribution < 1.29 is 9.53 Å². The number of carbonyl (C=O) groups is 1. The van der Waals surface area contributed by atoms with Crippen molar-refractivity contribution in [1.82, 2.24) is 0 Å². The van der Waals surface area contributed by atoms with Crippen LogP contribution in [0.15, 0.2) is 144 Å². The van der Waals surface area contributed by atoms with Gasteiger partial charge in [-0.05, 0) is 30.2 Å². The molecule has 2 aliphatic rings. The molecule has 0 saturated heterocycles. The zero-order valence-electron chi connectivity index (χ0n) is 22.7. The molecule has 0 radical (unpaired) electrons. The zero-order chi connectivity index (χ0) is 27.8. The number of anilines is 1. The summed E-state index contributed by atoms with van der Waals surface area (Å²) in [7, 11) is 0. The normalized spacial score (nSPS) is 20.1. The summed E-state index contributed by atoms with van der Waals surface area (Å²) in [6.45, 7) is 2.08. The van der Waals surface area contributed by atoms with Crippen LogP contribution in [0.3, 0.4) is 0 Å². The SMILES string of the molecule is Cc1ccc([C@@]23C[C@@H](c4ccccc4)Sc4ccccc4N2C(=O)C(c2ccccc2)=C(c2ccccc2)O3)cc1. The van der Waals surface area contributed by atoms with Crippen molar-refractivity contribution in [3.8, 4) is 0 Å². The molecule has 41 heavy (non-hydrogen) atoms. The minimum atomic E-state index is -1.08. The maximum Gasteiger partial charge on any atom is 0.266 e. The first-order valence-corrected chi connectivity index (χ1v) is 14.8. The molecule has 200 valence electrons. The lowest BCUT2D eigenvalue weighted by Crippen LogP contribution is -2.55. The van der Waals surface area contributed by atoms with E-state index in [0.29, 0.717) is 17.8 Å². The molecule has 0 aliphatic carbocycles. The lowest BCUT2D eigenvalue weighted by molar-refractivity contribution is -0.120. The van der Waals surface area contributed by atoms with Crippen LogP contribution in [0.1, 0.15) is 39.5 Å². The van der Waals surface area contributed by atoms with E-state index in [1.165, 1.54) is 5.56 Å². The van der Waals surface area contributed by atoms with Crippen molar-refractivity contribution in [3.63, 3.8) is 0 Å². The molecule has 0 bridgehead atoms. The first-order valence-electron chi connectivity index (χ1n) is 13.9. The molecule has 3 nitrogen and oxygen atoms in total. The quantitative estimate of drug-likeness (QED) is 0.223. The van der Waals surface area contributed by atoms with Gasteiger partial charge in [-0.15, -0.1) is 11.8 Å². The first kappa shape index (κ1) is 25.4. The monoisotopic (exact) mass is 551 g/mol. The number of benzene rings is 5. The van der Waals surface area contributed by atoms with E-state index in [4.69, 9.17) is 4.74 Å². The Kier molecular flexibility index (Phi) is 6.49. The van der Waals surface area contributed by atoms with E-state index in [0.717, 1.165) is 32.8 Å². The van der Waals surface area contributed by atoms with E-state index < -0.39 is 5.72 Å². The molecule has 0 fully saturated rings. The molecule has 2 heterocycles. The van der Waals surface area contributed by atoms with Crippen LogP contribution in [0.25, 0.3) is 11.3 Å². The molecule has 4 heteroatoms. The Morgan fingerprint density at radius 1 is 0.707 bits per heavy atom. The predicted molar refractivity (Wildman–Crippen MR) is 167 cm³/mol. The number of ether oxygens (including phenoxy) is 1. The second kappa shape index (κ2) is 10.5. The third kappa shape index (κ3) is 4.45. The molecule has 0 N–H and O–H groups in total. The summed E-state index contributed by atoms with van der Waals surface area (Å²) in [5.74, 6) is 0.540. The Balaban J connectivity index is 1.55. The van der Waals surface area contributed by atoms with Gasteiger partial charge >= 0.3 is 0 Å². The number of aryl methyl sites for hydroxylation is 1. The fourth-order valence-corrected chi connectivity index (χ4v) is 7.24. The largest absolute Gasteiger partial charge is 0.462 e. The fraction of sp³-hybridized carbons (Fsp3) is 0.108. The topological polar surface area (TPSA) is 29.5 Å². The minimum absolute atomic E-state index is 0.0479. The Bertz CT molecular complexity index is 1730. The van der Waals surface area contributed by atoms with Crippen molar-refractivity contribution >= 4 is 34.7 Å². The van der Waals surface area contributed by atoms with Crippen LogP contribution in [-0.4, -0.2) is 5.91 Å². The predicted octanol–water partition coefficient (Wildman–Crippen LogP) is 9.02. The van der Waals surface area contributed by atoms with E-state index in [9.17, 15) is 0 Å². The van der Waals surface area contributed by atoms with Crippen LogP contribution in [0.5, 0.6) is 0 Å². The van der Waals surface area contributed by atoms with E-state index in [2.05, 4.69) is 67.6 Å². The van der Waals surface area contributed by atoms with Crippen LogP contribution in [0.2, 0.25) is 0 Å². The molecule has 5 aromatic rings. The summed E-state index contributed by atoms with van der Waals surface area (Å²) in [6.07, 6.45) is 0.573. The number of carbonyl (C=O) groups excluding carboxylic acids is 1. The van der Waals surface area contributed by atoms with Crippen LogP contribution in [0.4, 0.5) is 5.69 Å². The summed E-state index contributed by atoms with van der Waals surface area (Å²) in [5.41, 5.74) is 5.39. The standard InChI is InChI=1S/C37H29NO2S/c1-26-21-23-30(24-22-26)37-25-33(27-13-5-2-6-14-27)41-32-20-12-11-19-31(32)38(37)36(39)34(28-15-7-3-8-16-28)35(40-37)29-17-9-4-10-18-29/h2-24,33H,25H2,1H3/t33-,37-/m0/s1. The number of nitrogens with zero attached hydrogens (tertiary/aromatic N) is 1. The molecular weight excluding hydrogens is 522 g/mol. The third-order valence-electron chi connectivity index (χ3n) is 7.89. The second-order valence-corrected chi connectivity index (χ2v) is 11.8. The van der Waals surface area contributed by atoms with Crippen molar-refractivity contribution in [2.24, 2.45) is 0 Å². The maximum atomic E-state index is 15.1. The molecule has 7 rings (SSSR count). The summed E-state index contributed by atoms with van der Waals surface area (Å²) in [4.78, 5) is 18.1. The van der Waals surface area contributed by atoms with Gasteiger partial charge in [0.2, 0.25) is 5.72 Å². The van der Waals surface area contributed by atoms with Gasteiger partial charge in [-0.3, -0.25) is 9.69 Å². The number of para-hydroxylation sites is 1. The van der Waals surface area contributed by atoms with Crippen LogP contribution in [-0.2, 0) is 15.3 Å². The Labute approximate surface area is 245 Å². The van der Waals surface area contributed by atoms with E-state index >= 15 is 4.79 Å². The highest BCUT2D eigenvalue weighted by Crippen LogP contribution is 2.58. The summed E-state index contributed by atoms with van der Waals surface area (Å²) < 4.78 is 7.39. The van der Waals surface area contributed by atoms with Gasteiger partial charge in [0.25, 0.3) is 5.91 Å². The summed E-state index contributed by atoms with van der Waals surface area (Å²) >= 11 is 1.80. The fourth-order valence-electron chi connectivity index (χ4n) is 5.89. The number of hydrogen-bond acceptors (Lipinski definition) is 3. The smallest absolute Gasteiger partial charge is 0.266 e. The number of rotatable bonds is 4. The van der Waals surface area contributed by atoms with E-state index in [1.54, 1.807) is 11.8 Å². The van der Waals surface area contributed by atoms with Gasteiger partial charge in [-0.2, -0.15) is 0 Å². The highest BCUT2D eigenvalue weighted by molar-refractivity contribution is 7.99. The molecule has 1 amide bonds. The Morgan fingerprint density at radius 2 is 1.29 bits per heavy atom. The van der Waals surface area contributed by atoms with Gasteiger partial charge in [0.05, 0.1) is 11.3 Å². The van der Waals surface area contributed by atoms with Crippen molar-refractivity contribution in [2.75, 3.05) is 4.90 Å². The molecule has 0 aromatic heterocycles. The number of thioether (sulfide) groups is 1. The van der Waals surface area contributed by atoms with Gasteiger partial charge < -0.3 is 4.74 Å². The summed E-state index contributed by atoms with van der Waals surface area (Å²) in [6, 6.07) is 47.2. The Hall–Kier alpha value is -4.54. The Morgan fingerprint density at radius 3 is 1.98 bits per heavy atom. The molecule has 0 saturated carbocycles. The van der Waals surface area contributed by atoms with E-state index in [1.807, 2.05) is 83.8 Å². The average molecular weight is 552 g/mol. The average Bonchev–Trinajstić information content (AvgIpc) is 3.18. The van der Waals surface area contributed by atoms with E-state index in [-0.39, 0.29) is 11.2 Å². The molecule has 0 spiro atoms. The highest BCUT2D eigenvalue weighted by Gasteiger charge is 2.54. The van der Waals surface area contributed by atoms with Crippen molar-refractivity contribution in [3.05, 3.63) is 167 Å². The minimum Gasteiger partial charge on any atom is -0.462 e. The lowest BCUT2D eigenvalue weighted by Gasteiger charge is -2.48. The molecule has 2 atom stereocenters. The molecule has 5 aromatic carbocycles. The number of hydrogen-bond donors (Lipinski definition) is 0. The number of amides is 1. The van der Waals surface area contributed by atoms with Gasteiger partial charge in [-0.25, -0.2) is 0 Å². The second-order valence-electron chi connectivity index (χ2n) is 10.5. The first-order chi connectivity index (χ1) is 20.1. The zero-order valence-corrected chi connectivity index (χ0v) is 23.6. The highest BCUT2D eigenvalue weighted by atomic mass is 32.2. The van der Waals surface area contributed by atoms with Gasteiger partial charge in [-0.1, -0.05) is 133 Å². The van der Waals surface area contributed by atoms with Crippen molar-refractivity contribution in [2.45, 2.75) is 29.2 Å². The van der Waals surface area contributed by atoms with Crippen molar-refractivity contribution in [1.29, 1.82) is 0 Å². The van der Waals surface area contributed by atoms with Gasteiger partial charge in [0.1, 0.15) is 5.76 Å². The third-order valence-corrected chi connectivity index (χ3v) is 9.21. The van der Waals surface area contributed by atoms with Gasteiger partial charge in [0.15, 0.2) is 0 Å². The lowest BCUT2D eigenvalue weighted by atomic mass is 9.87. The van der Waals surface area contributed by atoms with Crippen LogP contribution < -0.4 is 4.90 Å². The van der Waals surface area contributed by atoms with Gasteiger partial charge in [0, 0.05) is 27.7 Å². The molecule has 2 aliphatic heterocycles. The molecular formula is C37H29NO2S. The van der Waals surface area contributed by atoms with Crippen LogP contribution >= 0.6 is 11.8 Å². The molecule has 0 unspecified atom stereocenters. The van der Waals surface area contributed by atoms with Crippen LogP contribution in [0, 0.1) is 6.92 Å². The summed E-state index contributed by atoms with van der Waals surface area (Å²) in [5, 5.41) is 0.0479.